The molecule has 0 aliphatic rings. The molecule has 2 nitrogen and oxygen atoms in total. The SMILES string of the molecule is CCCCCCOC(CNCC)c1ccc(Br)cc1. The number of halogens is 1. The lowest BCUT2D eigenvalue weighted by Gasteiger charge is -2.19. The molecular formula is C16H26BrNO. The van der Waals surface area contributed by atoms with Crippen molar-refractivity contribution in [3.8, 4) is 0 Å². The van der Waals surface area contributed by atoms with Gasteiger partial charge in [-0.25, -0.2) is 0 Å². The molecule has 0 saturated heterocycles. The minimum absolute atomic E-state index is 0.162. The Kier molecular flexibility index (Phi) is 9.14. The molecule has 0 aromatic heterocycles. The number of unbranched alkanes of at least 4 members (excludes halogenated alkanes) is 3. The van der Waals surface area contributed by atoms with E-state index < -0.39 is 0 Å². The minimum atomic E-state index is 0.162. The van der Waals surface area contributed by atoms with Crippen molar-refractivity contribution in [2.45, 2.75) is 45.6 Å². The highest BCUT2D eigenvalue weighted by atomic mass is 79.9. The summed E-state index contributed by atoms with van der Waals surface area (Å²) < 4.78 is 7.15. The summed E-state index contributed by atoms with van der Waals surface area (Å²) in [5.74, 6) is 0. The summed E-state index contributed by atoms with van der Waals surface area (Å²) in [5.41, 5.74) is 1.25. The van der Waals surface area contributed by atoms with Gasteiger partial charge in [-0.05, 0) is 30.7 Å². The van der Waals surface area contributed by atoms with Crippen LogP contribution in [0.3, 0.4) is 0 Å². The van der Waals surface area contributed by atoms with E-state index in [1.165, 1.54) is 24.8 Å². The van der Waals surface area contributed by atoms with Crippen molar-refractivity contribution < 1.29 is 4.74 Å². The molecule has 1 atom stereocenters. The molecule has 1 unspecified atom stereocenters. The van der Waals surface area contributed by atoms with E-state index in [4.69, 9.17) is 4.74 Å². The number of nitrogens with one attached hydrogen (secondary N) is 1. The zero-order chi connectivity index (χ0) is 13.9. The van der Waals surface area contributed by atoms with Crippen molar-refractivity contribution in [1.82, 2.24) is 5.32 Å². The van der Waals surface area contributed by atoms with Crippen molar-refractivity contribution in [3.05, 3.63) is 34.3 Å². The van der Waals surface area contributed by atoms with Crippen LogP contribution in [0.25, 0.3) is 0 Å². The number of rotatable bonds is 10. The maximum Gasteiger partial charge on any atom is 0.0949 e. The Bertz CT molecular complexity index is 326. The second-order valence-corrected chi connectivity index (χ2v) is 5.69. The van der Waals surface area contributed by atoms with Crippen molar-refractivity contribution in [2.24, 2.45) is 0 Å². The average Bonchev–Trinajstić information content (AvgIpc) is 2.43. The van der Waals surface area contributed by atoms with Gasteiger partial charge in [0.2, 0.25) is 0 Å². The van der Waals surface area contributed by atoms with Crippen molar-refractivity contribution >= 4 is 15.9 Å². The molecule has 0 fully saturated rings. The summed E-state index contributed by atoms with van der Waals surface area (Å²) in [6.07, 6.45) is 5.17. The fourth-order valence-electron chi connectivity index (χ4n) is 1.98. The molecule has 0 spiro atoms. The Labute approximate surface area is 126 Å². The largest absolute Gasteiger partial charge is 0.372 e. The van der Waals surface area contributed by atoms with Gasteiger partial charge < -0.3 is 10.1 Å². The minimum Gasteiger partial charge on any atom is -0.372 e. The van der Waals surface area contributed by atoms with Crippen LogP contribution in [-0.2, 0) is 4.74 Å². The number of hydrogen-bond donors (Lipinski definition) is 1. The molecule has 0 bridgehead atoms. The van der Waals surface area contributed by atoms with Gasteiger partial charge in [0.25, 0.3) is 0 Å². The maximum atomic E-state index is 6.04. The average molecular weight is 328 g/mol. The first-order valence-electron chi connectivity index (χ1n) is 7.35. The summed E-state index contributed by atoms with van der Waals surface area (Å²) in [6, 6.07) is 8.43. The normalized spacial score (nSPS) is 12.6. The monoisotopic (exact) mass is 327 g/mol. The van der Waals surface area contributed by atoms with Gasteiger partial charge in [-0.1, -0.05) is 61.2 Å². The Morgan fingerprint density at radius 1 is 1.11 bits per heavy atom. The molecule has 1 aromatic rings. The molecule has 0 radical (unpaired) electrons. The van der Waals surface area contributed by atoms with Crippen LogP contribution in [0.15, 0.2) is 28.7 Å². The molecule has 1 aromatic carbocycles. The highest BCUT2D eigenvalue weighted by Gasteiger charge is 2.11. The van der Waals surface area contributed by atoms with Crippen molar-refractivity contribution in [3.63, 3.8) is 0 Å². The standard InChI is InChI=1S/C16H26BrNO/c1-3-5-6-7-12-19-16(13-18-4-2)14-8-10-15(17)11-9-14/h8-11,16,18H,3-7,12-13H2,1-2H3. The number of ether oxygens (including phenoxy) is 1. The molecule has 19 heavy (non-hydrogen) atoms. The zero-order valence-electron chi connectivity index (χ0n) is 12.1. The predicted molar refractivity (Wildman–Crippen MR) is 85.5 cm³/mol. The fourth-order valence-corrected chi connectivity index (χ4v) is 2.24. The molecule has 1 N–H and O–H groups in total. The summed E-state index contributed by atoms with van der Waals surface area (Å²) in [6.45, 7) is 7.07. The summed E-state index contributed by atoms with van der Waals surface area (Å²) in [5, 5.41) is 3.38. The van der Waals surface area contributed by atoms with Gasteiger partial charge in [0, 0.05) is 17.6 Å². The third-order valence-corrected chi connectivity index (χ3v) is 3.67. The van der Waals surface area contributed by atoms with Gasteiger partial charge in [0.15, 0.2) is 0 Å². The van der Waals surface area contributed by atoms with Gasteiger partial charge in [-0.2, -0.15) is 0 Å². The van der Waals surface area contributed by atoms with Gasteiger partial charge in [0.05, 0.1) is 6.10 Å². The molecule has 0 aliphatic carbocycles. The van der Waals surface area contributed by atoms with Crippen LogP contribution in [0.5, 0.6) is 0 Å². The van der Waals surface area contributed by atoms with Gasteiger partial charge in [-0.3, -0.25) is 0 Å². The Balaban J connectivity index is 2.44. The lowest BCUT2D eigenvalue weighted by atomic mass is 10.1. The summed E-state index contributed by atoms with van der Waals surface area (Å²) in [7, 11) is 0. The summed E-state index contributed by atoms with van der Waals surface area (Å²) in [4.78, 5) is 0. The molecule has 1 rings (SSSR count). The Hall–Kier alpha value is -0.380. The van der Waals surface area contributed by atoms with E-state index in [-0.39, 0.29) is 6.10 Å². The van der Waals surface area contributed by atoms with Crippen LogP contribution in [0.1, 0.15) is 51.2 Å². The lowest BCUT2D eigenvalue weighted by Crippen LogP contribution is -2.23. The fraction of sp³-hybridized carbons (Fsp3) is 0.625. The van der Waals surface area contributed by atoms with Crippen molar-refractivity contribution in [1.29, 1.82) is 0 Å². The lowest BCUT2D eigenvalue weighted by molar-refractivity contribution is 0.0502. The van der Waals surface area contributed by atoms with Crippen LogP contribution in [0.2, 0.25) is 0 Å². The molecule has 3 heteroatoms. The highest BCUT2D eigenvalue weighted by molar-refractivity contribution is 9.10. The molecular weight excluding hydrogens is 302 g/mol. The highest BCUT2D eigenvalue weighted by Crippen LogP contribution is 2.20. The predicted octanol–water partition coefficient (Wildman–Crippen LogP) is 4.70. The van der Waals surface area contributed by atoms with E-state index in [9.17, 15) is 0 Å². The quantitative estimate of drug-likeness (QED) is 0.629. The van der Waals surface area contributed by atoms with Gasteiger partial charge in [0.1, 0.15) is 0 Å². The van der Waals surface area contributed by atoms with Crippen molar-refractivity contribution in [2.75, 3.05) is 19.7 Å². The number of hydrogen-bond acceptors (Lipinski definition) is 2. The smallest absolute Gasteiger partial charge is 0.0949 e. The second-order valence-electron chi connectivity index (χ2n) is 4.78. The second kappa shape index (κ2) is 10.4. The van der Waals surface area contributed by atoms with E-state index in [0.29, 0.717) is 0 Å². The third kappa shape index (κ3) is 7.09. The number of likely N-dealkylation sites (N-methyl/N-ethyl adjacent to an activating group) is 1. The Morgan fingerprint density at radius 2 is 1.84 bits per heavy atom. The van der Waals surface area contributed by atoms with Crippen LogP contribution in [0, 0.1) is 0 Å². The first kappa shape index (κ1) is 16.7. The van der Waals surface area contributed by atoms with E-state index in [2.05, 4.69) is 59.4 Å². The number of benzene rings is 1. The molecule has 0 aliphatic heterocycles. The van der Waals surface area contributed by atoms with Gasteiger partial charge >= 0.3 is 0 Å². The van der Waals surface area contributed by atoms with E-state index in [1.54, 1.807) is 0 Å². The Morgan fingerprint density at radius 3 is 2.47 bits per heavy atom. The van der Waals surface area contributed by atoms with E-state index >= 15 is 0 Å². The molecule has 0 amide bonds. The van der Waals surface area contributed by atoms with Crippen LogP contribution in [0.4, 0.5) is 0 Å². The topological polar surface area (TPSA) is 21.3 Å². The maximum absolute atomic E-state index is 6.04. The van der Waals surface area contributed by atoms with Crippen LogP contribution in [-0.4, -0.2) is 19.7 Å². The third-order valence-electron chi connectivity index (χ3n) is 3.14. The van der Waals surface area contributed by atoms with Crippen LogP contribution < -0.4 is 5.32 Å². The summed E-state index contributed by atoms with van der Waals surface area (Å²) >= 11 is 3.47. The molecule has 0 saturated carbocycles. The first-order valence-corrected chi connectivity index (χ1v) is 8.15. The van der Waals surface area contributed by atoms with E-state index in [0.717, 1.165) is 30.6 Å². The molecule has 0 heterocycles. The van der Waals surface area contributed by atoms with Gasteiger partial charge in [-0.15, -0.1) is 0 Å². The zero-order valence-corrected chi connectivity index (χ0v) is 13.7. The van der Waals surface area contributed by atoms with E-state index in [1.807, 2.05) is 0 Å². The van der Waals surface area contributed by atoms with Crippen LogP contribution >= 0.6 is 15.9 Å². The molecule has 108 valence electrons. The first-order chi connectivity index (χ1) is 9.27.